The third kappa shape index (κ3) is 2.10. The zero-order chi connectivity index (χ0) is 11.0. The number of nitrogens with one attached hydrogen (secondary N) is 1. The molecule has 0 saturated carbocycles. The maximum Gasteiger partial charge on any atom is 0.223 e. The van der Waals surface area contributed by atoms with E-state index in [-0.39, 0.29) is 0 Å². The van der Waals surface area contributed by atoms with Crippen molar-refractivity contribution < 1.29 is 4.52 Å². The molecule has 5 heteroatoms. The van der Waals surface area contributed by atoms with Gasteiger partial charge in [-0.2, -0.15) is 4.98 Å². The monoisotopic (exact) mass is 222 g/mol. The first-order chi connectivity index (χ1) is 7.79. The Morgan fingerprint density at radius 2 is 2.25 bits per heavy atom. The molecule has 2 unspecified atom stereocenters. The minimum atomic E-state index is 0.657. The van der Waals surface area contributed by atoms with Crippen LogP contribution >= 0.6 is 0 Å². The summed E-state index contributed by atoms with van der Waals surface area (Å²) >= 11 is 0. The van der Waals surface area contributed by atoms with E-state index in [4.69, 9.17) is 4.52 Å². The first-order valence-corrected chi connectivity index (χ1v) is 6.07. The number of aromatic nitrogens is 2. The standard InChI is InChI=1S/C11H18N4O/c1-8-12-11(14-16-8)7-15-5-4-9-2-3-10(6-15)13-9/h9-10,13H,2-7H2,1H3. The van der Waals surface area contributed by atoms with E-state index >= 15 is 0 Å². The molecule has 0 radical (unpaired) electrons. The van der Waals surface area contributed by atoms with Gasteiger partial charge in [0.05, 0.1) is 6.54 Å². The number of rotatable bonds is 2. The maximum atomic E-state index is 5.00. The van der Waals surface area contributed by atoms with Gasteiger partial charge in [0.15, 0.2) is 5.82 Å². The molecule has 2 saturated heterocycles. The molecule has 0 amide bonds. The number of hydrogen-bond donors (Lipinski definition) is 1. The number of aryl methyl sites for hydroxylation is 1. The molecule has 3 rings (SSSR count). The van der Waals surface area contributed by atoms with Gasteiger partial charge in [-0.25, -0.2) is 0 Å². The van der Waals surface area contributed by atoms with Gasteiger partial charge in [0.2, 0.25) is 5.89 Å². The second-order valence-electron chi connectivity index (χ2n) is 4.89. The first kappa shape index (κ1) is 10.2. The predicted octanol–water partition coefficient (Wildman–Crippen LogP) is 0.704. The number of hydrogen-bond acceptors (Lipinski definition) is 5. The van der Waals surface area contributed by atoms with Gasteiger partial charge in [-0.15, -0.1) is 0 Å². The van der Waals surface area contributed by atoms with Crippen LogP contribution in [0.4, 0.5) is 0 Å². The molecule has 0 aliphatic carbocycles. The Bertz CT molecular complexity index is 365. The number of likely N-dealkylation sites (tertiary alicyclic amines) is 1. The van der Waals surface area contributed by atoms with E-state index in [0.717, 1.165) is 31.5 Å². The first-order valence-electron chi connectivity index (χ1n) is 6.07. The fourth-order valence-electron chi connectivity index (χ4n) is 2.76. The highest BCUT2D eigenvalue weighted by Gasteiger charge is 2.29. The van der Waals surface area contributed by atoms with Gasteiger partial charge < -0.3 is 9.84 Å². The van der Waals surface area contributed by atoms with Crippen molar-refractivity contribution in [2.45, 2.75) is 44.8 Å². The summed E-state index contributed by atoms with van der Waals surface area (Å²) in [6.07, 6.45) is 3.90. The van der Waals surface area contributed by atoms with Crippen molar-refractivity contribution in [1.29, 1.82) is 0 Å². The Kier molecular flexibility index (Phi) is 2.65. The van der Waals surface area contributed by atoms with E-state index in [9.17, 15) is 0 Å². The van der Waals surface area contributed by atoms with Gasteiger partial charge >= 0.3 is 0 Å². The summed E-state index contributed by atoms with van der Waals surface area (Å²) < 4.78 is 5.00. The van der Waals surface area contributed by atoms with Crippen LogP contribution in [0.3, 0.4) is 0 Å². The van der Waals surface area contributed by atoms with Crippen LogP contribution in [0.1, 0.15) is 31.0 Å². The zero-order valence-electron chi connectivity index (χ0n) is 9.65. The highest BCUT2D eigenvalue weighted by atomic mass is 16.5. The quantitative estimate of drug-likeness (QED) is 0.798. The molecular weight excluding hydrogens is 204 g/mol. The largest absolute Gasteiger partial charge is 0.340 e. The minimum absolute atomic E-state index is 0.657. The van der Waals surface area contributed by atoms with Crippen molar-refractivity contribution in [1.82, 2.24) is 20.4 Å². The fraction of sp³-hybridized carbons (Fsp3) is 0.818. The lowest BCUT2D eigenvalue weighted by Crippen LogP contribution is -2.35. The van der Waals surface area contributed by atoms with Gasteiger partial charge in [-0.3, -0.25) is 4.90 Å². The molecule has 88 valence electrons. The lowest BCUT2D eigenvalue weighted by molar-refractivity contribution is 0.241. The summed E-state index contributed by atoms with van der Waals surface area (Å²) in [6, 6.07) is 1.41. The summed E-state index contributed by atoms with van der Waals surface area (Å²) in [5.41, 5.74) is 0. The van der Waals surface area contributed by atoms with Gasteiger partial charge in [0.1, 0.15) is 0 Å². The van der Waals surface area contributed by atoms with Crippen LogP contribution in [0.25, 0.3) is 0 Å². The van der Waals surface area contributed by atoms with Crippen LogP contribution < -0.4 is 5.32 Å². The lowest BCUT2D eigenvalue weighted by Gasteiger charge is -2.22. The van der Waals surface area contributed by atoms with Crippen LogP contribution in [0.15, 0.2) is 4.52 Å². The van der Waals surface area contributed by atoms with Crippen molar-refractivity contribution in [3.05, 3.63) is 11.7 Å². The fourth-order valence-corrected chi connectivity index (χ4v) is 2.76. The average Bonchev–Trinajstić information content (AvgIpc) is 2.77. The van der Waals surface area contributed by atoms with Crippen molar-refractivity contribution in [3.8, 4) is 0 Å². The van der Waals surface area contributed by atoms with Crippen LogP contribution in [-0.4, -0.2) is 40.2 Å². The van der Waals surface area contributed by atoms with Crippen molar-refractivity contribution in [3.63, 3.8) is 0 Å². The Labute approximate surface area is 95.2 Å². The second-order valence-corrected chi connectivity index (χ2v) is 4.89. The van der Waals surface area contributed by atoms with Gasteiger partial charge in [-0.1, -0.05) is 5.16 Å². The van der Waals surface area contributed by atoms with Crippen LogP contribution in [0.5, 0.6) is 0 Å². The molecule has 1 aromatic heterocycles. The predicted molar refractivity (Wildman–Crippen MR) is 58.9 cm³/mol. The van der Waals surface area contributed by atoms with Crippen LogP contribution in [0.2, 0.25) is 0 Å². The summed E-state index contributed by atoms with van der Waals surface area (Å²) in [5.74, 6) is 1.47. The average molecular weight is 222 g/mol. The molecule has 1 N–H and O–H groups in total. The number of fused-ring (bicyclic) bond motifs is 2. The summed E-state index contributed by atoms with van der Waals surface area (Å²) in [5, 5.41) is 7.62. The minimum Gasteiger partial charge on any atom is -0.340 e. The molecule has 2 bridgehead atoms. The maximum absolute atomic E-state index is 5.00. The molecule has 2 aliphatic heterocycles. The molecule has 2 fully saturated rings. The Balaban J connectivity index is 1.63. The van der Waals surface area contributed by atoms with Gasteiger partial charge in [0, 0.05) is 32.1 Å². The highest BCUT2D eigenvalue weighted by molar-refractivity contribution is 4.92. The molecule has 0 spiro atoms. The van der Waals surface area contributed by atoms with Crippen LogP contribution in [0, 0.1) is 6.92 Å². The SMILES string of the molecule is Cc1nc(CN2CCC3CCC(C2)N3)no1. The van der Waals surface area contributed by atoms with Crippen molar-refractivity contribution in [2.75, 3.05) is 13.1 Å². The zero-order valence-corrected chi connectivity index (χ0v) is 9.65. The van der Waals surface area contributed by atoms with E-state index in [2.05, 4.69) is 20.4 Å². The van der Waals surface area contributed by atoms with E-state index in [1.807, 2.05) is 6.92 Å². The Morgan fingerprint density at radius 3 is 3.06 bits per heavy atom. The third-order valence-electron chi connectivity index (χ3n) is 3.54. The van der Waals surface area contributed by atoms with Crippen molar-refractivity contribution in [2.24, 2.45) is 0 Å². The molecule has 5 nitrogen and oxygen atoms in total. The van der Waals surface area contributed by atoms with E-state index < -0.39 is 0 Å². The summed E-state index contributed by atoms with van der Waals surface area (Å²) in [4.78, 5) is 6.69. The normalized spacial score (nSPS) is 30.6. The third-order valence-corrected chi connectivity index (χ3v) is 3.54. The molecule has 16 heavy (non-hydrogen) atoms. The molecule has 3 heterocycles. The molecule has 1 aromatic rings. The molecule has 2 aliphatic rings. The molecule has 2 atom stereocenters. The van der Waals surface area contributed by atoms with E-state index in [1.165, 1.54) is 19.3 Å². The second kappa shape index (κ2) is 4.14. The smallest absolute Gasteiger partial charge is 0.223 e. The Hall–Kier alpha value is -0.940. The summed E-state index contributed by atoms with van der Waals surface area (Å²) in [6.45, 7) is 4.91. The van der Waals surface area contributed by atoms with Crippen LogP contribution in [-0.2, 0) is 6.54 Å². The van der Waals surface area contributed by atoms with Crippen molar-refractivity contribution >= 4 is 0 Å². The Morgan fingerprint density at radius 1 is 1.38 bits per heavy atom. The van der Waals surface area contributed by atoms with Gasteiger partial charge in [-0.05, 0) is 19.3 Å². The van der Waals surface area contributed by atoms with Gasteiger partial charge in [0.25, 0.3) is 0 Å². The topological polar surface area (TPSA) is 54.2 Å². The summed E-state index contributed by atoms with van der Waals surface area (Å²) in [7, 11) is 0. The lowest BCUT2D eigenvalue weighted by atomic mass is 10.1. The number of nitrogens with zero attached hydrogens (tertiary/aromatic N) is 3. The van der Waals surface area contributed by atoms with E-state index in [0.29, 0.717) is 11.9 Å². The molecular formula is C11H18N4O. The van der Waals surface area contributed by atoms with E-state index in [1.54, 1.807) is 0 Å². The highest BCUT2D eigenvalue weighted by Crippen LogP contribution is 2.21. The molecule has 0 aromatic carbocycles.